The van der Waals surface area contributed by atoms with Crippen molar-refractivity contribution in [3.05, 3.63) is 33.7 Å². The standard InChI is InChI=1S/C17H24N2O4/c1-22-10-8-19-14-6-5-13(11-12(14)4-7-16(19)20)18-17(21)15-3-2-9-23-15/h4,7,13,15H,2-3,5-6,8-11H2,1H3,(H,18,21)/t13?,15-/m0/s1. The van der Waals surface area contributed by atoms with Gasteiger partial charge in [-0.2, -0.15) is 0 Å². The van der Waals surface area contributed by atoms with E-state index >= 15 is 0 Å². The van der Waals surface area contributed by atoms with Gasteiger partial charge in [0, 0.05) is 38.1 Å². The molecule has 0 bridgehead atoms. The van der Waals surface area contributed by atoms with E-state index in [0.717, 1.165) is 43.4 Å². The van der Waals surface area contributed by atoms with Crippen LogP contribution >= 0.6 is 0 Å². The van der Waals surface area contributed by atoms with E-state index in [9.17, 15) is 9.59 Å². The van der Waals surface area contributed by atoms with Gasteiger partial charge in [-0.25, -0.2) is 0 Å². The molecule has 2 atom stereocenters. The third-order valence-corrected chi connectivity index (χ3v) is 4.67. The fourth-order valence-corrected chi connectivity index (χ4v) is 3.45. The van der Waals surface area contributed by atoms with Crippen molar-refractivity contribution < 1.29 is 14.3 Å². The van der Waals surface area contributed by atoms with Gasteiger partial charge in [0.15, 0.2) is 0 Å². The SMILES string of the molecule is COCCn1c2c(ccc1=O)CC(NC(=O)[C@@H]1CCCO1)CC2. The number of carbonyl (C=O) groups is 1. The first-order chi connectivity index (χ1) is 11.2. The number of nitrogens with zero attached hydrogens (tertiary/aromatic N) is 1. The van der Waals surface area contributed by atoms with E-state index in [1.807, 2.05) is 6.07 Å². The minimum Gasteiger partial charge on any atom is -0.383 e. The van der Waals surface area contributed by atoms with E-state index < -0.39 is 0 Å². The highest BCUT2D eigenvalue weighted by molar-refractivity contribution is 5.81. The quantitative estimate of drug-likeness (QED) is 0.865. The summed E-state index contributed by atoms with van der Waals surface area (Å²) in [5, 5.41) is 3.10. The Morgan fingerprint density at radius 3 is 3.04 bits per heavy atom. The summed E-state index contributed by atoms with van der Waals surface area (Å²) in [5.41, 5.74) is 2.24. The molecule has 1 N–H and O–H groups in total. The van der Waals surface area contributed by atoms with Crippen molar-refractivity contribution >= 4 is 5.91 Å². The highest BCUT2D eigenvalue weighted by atomic mass is 16.5. The molecule has 1 aliphatic heterocycles. The summed E-state index contributed by atoms with van der Waals surface area (Å²) in [6, 6.07) is 3.62. The van der Waals surface area contributed by atoms with Gasteiger partial charge in [0.25, 0.3) is 5.56 Å². The first-order valence-corrected chi connectivity index (χ1v) is 8.31. The molecule has 1 fully saturated rings. The number of rotatable bonds is 5. The molecule has 23 heavy (non-hydrogen) atoms. The fourth-order valence-electron chi connectivity index (χ4n) is 3.45. The average Bonchev–Trinajstić information content (AvgIpc) is 3.09. The van der Waals surface area contributed by atoms with Gasteiger partial charge in [0.2, 0.25) is 5.91 Å². The number of fused-ring (bicyclic) bond motifs is 1. The van der Waals surface area contributed by atoms with Crippen LogP contribution in [0.5, 0.6) is 0 Å². The van der Waals surface area contributed by atoms with Gasteiger partial charge in [0.05, 0.1) is 6.61 Å². The number of carbonyl (C=O) groups excluding carboxylic acids is 1. The lowest BCUT2D eigenvalue weighted by atomic mass is 9.91. The highest BCUT2D eigenvalue weighted by Crippen LogP contribution is 2.21. The normalized spacial score (nSPS) is 23.5. The molecule has 6 nitrogen and oxygen atoms in total. The zero-order valence-electron chi connectivity index (χ0n) is 13.5. The first-order valence-electron chi connectivity index (χ1n) is 8.31. The predicted molar refractivity (Wildman–Crippen MR) is 85.5 cm³/mol. The minimum atomic E-state index is -0.285. The molecular formula is C17H24N2O4. The molecule has 126 valence electrons. The number of pyridine rings is 1. The maximum Gasteiger partial charge on any atom is 0.250 e. The summed E-state index contributed by atoms with van der Waals surface area (Å²) in [7, 11) is 1.64. The largest absolute Gasteiger partial charge is 0.383 e. The summed E-state index contributed by atoms with van der Waals surface area (Å²) in [4.78, 5) is 24.2. The molecule has 6 heteroatoms. The van der Waals surface area contributed by atoms with Crippen LogP contribution in [0.1, 0.15) is 30.5 Å². The Bertz CT molecular complexity index is 620. The van der Waals surface area contributed by atoms with Gasteiger partial charge < -0.3 is 19.4 Å². The van der Waals surface area contributed by atoms with E-state index in [2.05, 4.69) is 5.32 Å². The Morgan fingerprint density at radius 1 is 1.43 bits per heavy atom. The molecule has 1 amide bonds. The molecule has 1 saturated heterocycles. The van der Waals surface area contributed by atoms with Crippen LogP contribution in [0.25, 0.3) is 0 Å². The highest BCUT2D eigenvalue weighted by Gasteiger charge is 2.28. The molecule has 1 aromatic heterocycles. The van der Waals surface area contributed by atoms with Gasteiger partial charge in [-0.15, -0.1) is 0 Å². The number of nitrogens with one attached hydrogen (secondary N) is 1. The van der Waals surface area contributed by atoms with Crippen molar-refractivity contribution in [2.75, 3.05) is 20.3 Å². The second kappa shape index (κ2) is 7.27. The van der Waals surface area contributed by atoms with Crippen molar-refractivity contribution in [2.24, 2.45) is 0 Å². The van der Waals surface area contributed by atoms with Gasteiger partial charge in [-0.1, -0.05) is 6.07 Å². The van der Waals surface area contributed by atoms with Crippen LogP contribution in [0.2, 0.25) is 0 Å². The summed E-state index contributed by atoms with van der Waals surface area (Å²) < 4.78 is 12.3. The molecule has 2 aliphatic rings. The van der Waals surface area contributed by atoms with Crippen molar-refractivity contribution in [3.63, 3.8) is 0 Å². The Labute approximate surface area is 135 Å². The van der Waals surface area contributed by atoms with Crippen LogP contribution in [0.15, 0.2) is 16.9 Å². The number of hydrogen-bond acceptors (Lipinski definition) is 4. The van der Waals surface area contributed by atoms with Gasteiger partial charge in [0.1, 0.15) is 6.10 Å². The van der Waals surface area contributed by atoms with Crippen LogP contribution in [0.4, 0.5) is 0 Å². The summed E-state index contributed by atoms with van der Waals surface area (Å²) in [6.07, 6.45) is 3.89. The van der Waals surface area contributed by atoms with E-state index in [0.29, 0.717) is 19.8 Å². The minimum absolute atomic E-state index is 0.00338. The van der Waals surface area contributed by atoms with E-state index in [1.165, 1.54) is 0 Å². The third-order valence-electron chi connectivity index (χ3n) is 4.67. The lowest BCUT2D eigenvalue weighted by Crippen LogP contribution is -2.44. The Hall–Kier alpha value is -1.66. The fraction of sp³-hybridized carbons (Fsp3) is 0.647. The monoisotopic (exact) mass is 320 g/mol. The average molecular weight is 320 g/mol. The van der Waals surface area contributed by atoms with Crippen LogP contribution < -0.4 is 10.9 Å². The lowest BCUT2D eigenvalue weighted by molar-refractivity contribution is -0.130. The van der Waals surface area contributed by atoms with Crippen molar-refractivity contribution in [2.45, 2.75) is 50.8 Å². The molecule has 1 aliphatic carbocycles. The smallest absolute Gasteiger partial charge is 0.250 e. The predicted octanol–water partition coefficient (Wildman–Crippen LogP) is 0.647. The van der Waals surface area contributed by atoms with Crippen LogP contribution in [-0.4, -0.2) is 42.9 Å². The molecule has 2 heterocycles. The number of aromatic nitrogens is 1. The molecule has 0 aromatic carbocycles. The van der Waals surface area contributed by atoms with Gasteiger partial charge in [-0.05, 0) is 37.7 Å². The zero-order chi connectivity index (χ0) is 16.2. The topological polar surface area (TPSA) is 69.6 Å². The number of methoxy groups -OCH3 is 1. The summed E-state index contributed by atoms with van der Waals surface area (Å²) >= 11 is 0. The van der Waals surface area contributed by atoms with E-state index in [4.69, 9.17) is 9.47 Å². The number of hydrogen-bond donors (Lipinski definition) is 1. The Morgan fingerprint density at radius 2 is 2.30 bits per heavy atom. The first kappa shape index (κ1) is 16.2. The number of amides is 1. The van der Waals surface area contributed by atoms with Crippen LogP contribution in [-0.2, 0) is 33.7 Å². The van der Waals surface area contributed by atoms with Crippen LogP contribution in [0, 0.1) is 0 Å². The maximum atomic E-state index is 12.2. The molecular weight excluding hydrogens is 296 g/mol. The van der Waals surface area contributed by atoms with Crippen LogP contribution in [0.3, 0.4) is 0 Å². The third kappa shape index (κ3) is 3.64. The van der Waals surface area contributed by atoms with Gasteiger partial charge >= 0.3 is 0 Å². The molecule has 0 spiro atoms. The van der Waals surface area contributed by atoms with Crippen molar-refractivity contribution in [1.29, 1.82) is 0 Å². The lowest BCUT2D eigenvalue weighted by Gasteiger charge is -2.28. The zero-order valence-corrected chi connectivity index (χ0v) is 13.5. The van der Waals surface area contributed by atoms with Gasteiger partial charge in [-0.3, -0.25) is 9.59 Å². The van der Waals surface area contributed by atoms with Crippen molar-refractivity contribution in [3.8, 4) is 0 Å². The second-order valence-corrected chi connectivity index (χ2v) is 6.24. The number of ether oxygens (including phenoxy) is 2. The Kier molecular flexibility index (Phi) is 5.13. The van der Waals surface area contributed by atoms with Crippen molar-refractivity contribution in [1.82, 2.24) is 9.88 Å². The summed E-state index contributed by atoms with van der Waals surface area (Å²) in [6.45, 7) is 1.78. The molecule has 0 saturated carbocycles. The molecule has 1 aromatic rings. The summed E-state index contributed by atoms with van der Waals surface area (Å²) in [5.74, 6) is 0.00338. The maximum absolute atomic E-state index is 12.2. The molecule has 0 radical (unpaired) electrons. The molecule has 1 unspecified atom stereocenters. The van der Waals surface area contributed by atoms with E-state index in [1.54, 1.807) is 17.7 Å². The molecule has 3 rings (SSSR count). The second-order valence-electron chi connectivity index (χ2n) is 6.24. The Balaban J connectivity index is 1.68. The van der Waals surface area contributed by atoms with E-state index in [-0.39, 0.29) is 23.6 Å².